The highest BCUT2D eigenvalue weighted by Gasteiger charge is 2.28. The van der Waals surface area contributed by atoms with Gasteiger partial charge in [-0.05, 0) is 54.4 Å². The Hall–Kier alpha value is -3.98. The van der Waals surface area contributed by atoms with Gasteiger partial charge in [-0.15, -0.1) is 0 Å². The molecule has 0 unspecified atom stereocenters. The Kier molecular flexibility index (Phi) is 4.91. The summed E-state index contributed by atoms with van der Waals surface area (Å²) in [7, 11) is 0. The van der Waals surface area contributed by atoms with E-state index in [1.54, 1.807) is 18.0 Å². The molecule has 1 aromatic carbocycles. The summed E-state index contributed by atoms with van der Waals surface area (Å²) in [5.74, 6) is 1.23. The molecule has 0 saturated heterocycles. The molecule has 0 saturated carbocycles. The summed E-state index contributed by atoms with van der Waals surface area (Å²) >= 11 is 0. The summed E-state index contributed by atoms with van der Waals surface area (Å²) in [6.45, 7) is 4.31. The van der Waals surface area contributed by atoms with E-state index in [0.717, 1.165) is 54.0 Å². The van der Waals surface area contributed by atoms with E-state index in [9.17, 15) is 5.26 Å². The minimum Gasteiger partial charge on any atom is -0.367 e. The number of nitrogens with zero attached hydrogens (tertiary/aromatic N) is 5. The number of rotatable bonds is 4. The van der Waals surface area contributed by atoms with Gasteiger partial charge in [-0.2, -0.15) is 14.9 Å². The quantitative estimate of drug-likeness (QED) is 0.431. The van der Waals surface area contributed by atoms with Gasteiger partial charge >= 0.3 is 0 Å². The van der Waals surface area contributed by atoms with Gasteiger partial charge in [0.05, 0.1) is 17.5 Å². The summed E-state index contributed by atoms with van der Waals surface area (Å²) in [5, 5.41) is 17.8. The van der Waals surface area contributed by atoms with Crippen molar-refractivity contribution in [1.29, 1.82) is 5.26 Å². The molecule has 2 aliphatic rings. The molecule has 6 heteroatoms. The molecular weight excluding hydrogens is 420 g/mol. The Labute approximate surface area is 199 Å². The van der Waals surface area contributed by atoms with Gasteiger partial charge in [-0.3, -0.25) is 4.98 Å². The average molecular weight is 447 g/mol. The Morgan fingerprint density at radius 3 is 2.88 bits per heavy atom. The standard InChI is InChI=1S/C28H26N6/c1-17(2)25-16-31-34-27(12-26(33-28(25)34)21-9-18(13-29)14-30-15-21)32-22-8-7-20-10-19-5-3-4-6-23(19)24(20)11-22/h3-6,9,12,14-17,22,32H,7-8,10-11H2,1-2H3/t22-/m1/s1. The molecule has 0 aliphatic heterocycles. The van der Waals surface area contributed by atoms with Gasteiger partial charge < -0.3 is 5.32 Å². The number of aromatic nitrogens is 4. The highest BCUT2D eigenvalue weighted by Crippen LogP contribution is 2.42. The Balaban J connectivity index is 1.39. The van der Waals surface area contributed by atoms with E-state index in [1.165, 1.54) is 16.7 Å². The van der Waals surface area contributed by atoms with Crippen molar-refractivity contribution in [3.05, 3.63) is 82.8 Å². The maximum absolute atomic E-state index is 9.34. The third-order valence-electron chi connectivity index (χ3n) is 7.05. The number of hydrogen-bond donors (Lipinski definition) is 1. The lowest BCUT2D eigenvalue weighted by atomic mass is 9.88. The number of nitriles is 1. The van der Waals surface area contributed by atoms with E-state index in [1.807, 2.05) is 22.8 Å². The van der Waals surface area contributed by atoms with Crippen molar-refractivity contribution in [2.75, 3.05) is 5.32 Å². The predicted molar refractivity (Wildman–Crippen MR) is 133 cm³/mol. The lowest BCUT2D eigenvalue weighted by Gasteiger charge is -2.26. The monoisotopic (exact) mass is 446 g/mol. The van der Waals surface area contributed by atoms with Crippen LogP contribution in [0.15, 0.2) is 60.6 Å². The van der Waals surface area contributed by atoms with Crippen LogP contribution in [0.3, 0.4) is 0 Å². The van der Waals surface area contributed by atoms with Gasteiger partial charge in [0.1, 0.15) is 11.9 Å². The van der Waals surface area contributed by atoms with Crippen LogP contribution in [0.25, 0.3) is 22.5 Å². The summed E-state index contributed by atoms with van der Waals surface area (Å²) in [6.07, 6.45) is 9.58. The number of nitrogens with one attached hydrogen (secondary N) is 1. The highest BCUT2D eigenvalue weighted by atomic mass is 15.3. The molecule has 1 atom stereocenters. The topological polar surface area (TPSA) is 78.9 Å². The van der Waals surface area contributed by atoms with Crippen molar-refractivity contribution in [2.45, 2.75) is 51.5 Å². The van der Waals surface area contributed by atoms with Crippen LogP contribution >= 0.6 is 0 Å². The molecule has 0 bridgehead atoms. The first-order chi connectivity index (χ1) is 16.6. The van der Waals surface area contributed by atoms with Crippen molar-refractivity contribution in [3.8, 4) is 17.3 Å². The average Bonchev–Trinajstić information content (AvgIpc) is 3.46. The van der Waals surface area contributed by atoms with Crippen molar-refractivity contribution in [3.63, 3.8) is 0 Å². The van der Waals surface area contributed by atoms with Gasteiger partial charge in [0.25, 0.3) is 0 Å². The minimum atomic E-state index is 0.300. The highest BCUT2D eigenvalue weighted by molar-refractivity contribution is 5.78. The maximum atomic E-state index is 9.34. The SMILES string of the molecule is CC(C)c1cnn2c(N[C@@H]3CCC4=C(C3)c3ccccc3C4)cc(-c3cncc(C#N)c3)nc12. The molecule has 0 radical (unpaired) electrons. The number of benzene rings is 1. The van der Waals surface area contributed by atoms with E-state index in [0.29, 0.717) is 17.5 Å². The molecule has 0 fully saturated rings. The van der Waals surface area contributed by atoms with Crippen LogP contribution in [-0.4, -0.2) is 25.6 Å². The predicted octanol–water partition coefficient (Wildman–Crippen LogP) is 5.76. The largest absolute Gasteiger partial charge is 0.367 e. The van der Waals surface area contributed by atoms with Gasteiger partial charge in [-0.1, -0.05) is 43.7 Å². The van der Waals surface area contributed by atoms with Crippen LogP contribution in [0.5, 0.6) is 0 Å². The van der Waals surface area contributed by atoms with Crippen LogP contribution in [0.1, 0.15) is 61.3 Å². The lowest BCUT2D eigenvalue weighted by Crippen LogP contribution is -2.24. The molecule has 3 aromatic heterocycles. The fourth-order valence-electron chi connectivity index (χ4n) is 5.30. The third-order valence-corrected chi connectivity index (χ3v) is 7.05. The first-order valence-electron chi connectivity index (χ1n) is 11.9. The number of anilines is 1. The second-order valence-corrected chi connectivity index (χ2v) is 9.59. The summed E-state index contributed by atoms with van der Waals surface area (Å²) in [4.78, 5) is 9.19. The van der Waals surface area contributed by atoms with Gasteiger partial charge in [0.15, 0.2) is 5.65 Å². The Bertz CT molecular complexity index is 1490. The molecule has 0 amide bonds. The van der Waals surface area contributed by atoms with Gasteiger partial charge in [0.2, 0.25) is 0 Å². The first kappa shape index (κ1) is 20.6. The van der Waals surface area contributed by atoms with E-state index in [4.69, 9.17) is 4.98 Å². The molecule has 6 nitrogen and oxygen atoms in total. The first-order valence-corrected chi connectivity index (χ1v) is 11.9. The molecule has 168 valence electrons. The molecule has 3 heterocycles. The van der Waals surface area contributed by atoms with Crippen molar-refractivity contribution >= 4 is 17.0 Å². The second-order valence-electron chi connectivity index (χ2n) is 9.59. The molecule has 0 spiro atoms. The zero-order valence-corrected chi connectivity index (χ0v) is 19.4. The molecular formula is C28H26N6. The fraction of sp³-hybridized carbons (Fsp3) is 0.286. The van der Waals surface area contributed by atoms with E-state index >= 15 is 0 Å². The van der Waals surface area contributed by atoms with Crippen LogP contribution in [-0.2, 0) is 6.42 Å². The lowest BCUT2D eigenvalue weighted by molar-refractivity contribution is 0.629. The fourth-order valence-corrected chi connectivity index (χ4v) is 5.30. The Morgan fingerprint density at radius 1 is 1.15 bits per heavy atom. The molecule has 6 rings (SSSR count). The number of fused-ring (bicyclic) bond motifs is 3. The van der Waals surface area contributed by atoms with E-state index < -0.39 is 0 Å². The van der Waals surface area contributed by atoms with Crippen molar-refractivity contribution in [1.82, 2.24) is 19.6 Å². The summed E-state index contributed by atoms with van der Waals surface area (Å²) < 4.78 is 1.92. The van der Waals surface area contributed by atoms with Gasteiger partial charge in [-0.25, -0.2) is 4.98 Å². The molecule has 4 aromatic rings. The smallest absolute Gasteiger partial charge is 0.161 e. The Morgan fingerprint density at radius 2 is 2.03 bits per heavy atom. The third kappa shape index (κ3) is 3.45. The van der Waals surface area contributed by atoms with E-state index in [-0.39, 0.29) is 0 Å². The minimum absolute atomic E-state index is 0.300. The zero-order valence-electron chi connectivity index (χ0n) is 19.4. The second kappa shape index (κ2) is 8.11. The maximum Gasteiger partial charge on any atom is 0.161 e. The number of allylic oxidation sites excluding steroid dienone is 1. The number of hydrogen-bond acceptors (Lipinski definition) is 5. The molecule has 2 aliphatic carbocycles. The summed E-state index contributed by atoms with van der Waals surface area (Å²) in [5.41, 5.74) is 10.1. The molecule has 34 heavy (non-hydrogen) atoms. The van der Waals surface area contributed by atoms with Crippen LogP contribution in [0.4, 0.5) is 5.82 Å². The van der Waals surface area contributed by atoms with Crippen LogP contribution in [0.2, 0.25) is 0 Å². The zero-order chi connectivity index (χ0) is 23.2. The summed E-state index contributed by atoms with van der Waals surface area (Å²) in [6, 6.07) is 15.2. The normalized spacial score (nSPS) is 17.1. The number of pyridine rings is 1. The van der Waals surface area contributed by atoms with E-state index in [2.05, 4.69) is 59.6 Å². The molecule has 1 N–H and O–H groups in total. The van der Waals surface area contributed by atoms with Gasteiger partial charge in [0, 0.05) is 35.6 Å². The van der Waals surface area contributed by atoms with Crippen LogP contribution in [0, 0.1) is 11.3 Å². The van der Waals surface area contributed by atoms with Crippen molar-refractivity contribution < 1.29 is 0 Å². The van der Waals surface area contributed by atoms with Crippen LogP contribution < -0.4 is 5.32 Å². The van der Waals surface area contributed by atoms with Crippen molar-refractivity contribution in [2.24, 2.45) is 0 Å².